The molecule has 0 aromatic carbocycles. The molecule has 2 rings (SSSR count). The molecule has 2 fully saturated rings. The fourth-order valence-corrected chi connectivity index (χ4v) is 2.25. The van der Waals surface area contributed by atoms with Crippen molar-refractivity contribution in [2.75, 3.05) is 19.8 Å². The molecular weight excluding hydrogens is 230 g/mol. The van der Waals surface area contributed by atoms with E-state index in [0.717, 1.165) is 19.3 Å². The fraction of sp³-hybridized carbons (Fsp3) is 0.909. The number of hydrogen-bond acceptors (Lipinski definition) is 3. The average molecular weight is 248 g/mol. The van der Waals surface area contributed by atoms with Crippen LogP contribution in [0.1, 0.15) is 25.7 Å². The van der Waals surface area contributed by atoms with E-state index in [0.29, 0.717) is 13.2 Å². The second-order valence-electron chi connectivity index (χ2n) is 4.74. The van der Waals surface area contributed by atoms with Crippen molar-refractivity contribution in [3.05, 3.63) is 0 Å². The summed E-state index contributed by atoms with van der Waals surface area (Å²) in [6, 6.07) is -0.699. The van der Waals surface area contributed by atoms with E-state index in [2.05, 4.69) is 10.6 Å². The molecule has 1 amide bonds. The Bertz CT molecular complexity index is 279. The SMILES string of the molecule is O=C(NC1CCCOCC1)C1CC(F)(F)CN1. The number of rotatable bonds is 2. The Hall–Kier alpha value is -0.750. The zero-order valence-electron chi connectivity index (χ0n) is 9.68. The van der Waals surface area contributed by atoms with Crippen LogP contribution in [0.5, 0.6) is 0 Å². The number of nitrogens with one attached hydrogen (secondary N) is 2. The van der Waals surface area contributed by atoms with Gasteiger partial charge in [0.25, 0.3) is 5.92 Å². The van der Waals surface area contributed by atoms with Crippen LogP contribution in [0, 0.1) is 0 Å². The summed E-state index contributed by atoms with van der Waals surface area (Å²) in [5.74, 6) is -3.07. The Labute approximate surface area is 99.1 Å². The van der Waals surface area contributed by atoms with Gasteiger partial charge in [0.15, 0.2) is 0 Å². The average Bonchev–Trinajstić information content (AvgIpc) is 2.50. The Kier molecular flexibility index (Phi) is 3.93. The van der Waals surface area contributed by atoms with Crippen molar-refractivity contribution in [1.29, 1.82) is 0 Å². The predicted octanol–water partition coefficient (Wildman–Crippen LogP) is 0.669. The number of halogens is 2. The van der Waals surface area contributed by atoms with E-state index < -0.39 is 24.9 Å². The molecule has 2 aliphatic rings. The lowest BCUT2D eigenvalue weighted by Gasteiger charge is -2.18. The summed E-state index contributed by atoms with van der Waals surface area (Å²) in [6.07, 6.45) is 2.12. The number of amides is 1. The summed E-state index contributed by atoms with van der Waals surface area (Å²) < 4.78 is 31.1. The number of alkyl halides is 2. The molecule has 0 radical (unpaired) electrons. The number of hydrogen-bond donors (Lipinski definition) is 2. The van der Waals surface area contributed by atoms with E-state index in [4.69, 9.17) is 4.74 Å². The van der Waals surface area contributed by atoms with Gasteiger partial charge in [0.2, 0.25) is 5.91 Å². The fourth-order valence-electron chi connectivity index (χ4n) is 2.25. The molecule has 17 heavy (non-hydrogen) atoms. The first-order chi connectivity index (χ1) is 8.07. The molecule has 2 aliphatic heterocycles. The van der Waals surface area contributed by atoms with E-state index in [-0.39, 0.29) is 11.9 Å². The Morgan fingerprint density at radius 3 is 2.88 bits per heavy atom. The largest absolute Gasteiger partial charge is 0.381 e. The molecule has 2 unspecified atom stereocenters. The highest BCUT2D eigenvalue weighted by atomic mass is 19.3. The van der Waals surface area contributed by atoms with Gasteiger partial charge in [-0.2, -0.15) is 0 Å². The van der Waals surface area contributed by atoms with Gasteiger partial charge in [-0.3, -0.25) is 10.1 Å². The van der Waals surface area contributed by atoms with Crippen LogP contribution in [0.4, 0.5) is 8.78 Å². The van der Waals surface area contributed by atoms with Crippen LogP contribution in [0.3, 0.4) is 0 Å². The van der Waals surface area contributed by atoms with Gasteiger partial charge in [0.1, 0.15) is 0 Å². The van der Waals surface area contributed by atoms with Crippen LogP contribution in [-0.4, -0.2) is 43.7 Å². The van der Waals surface area contributed by atoms with Gasteiger partial charge in [-0.15, -0.1) is 0 Å². The smallest absolute Gasteiger partial charge is 0.262 e. The van der Waals surface area contributed by atoms with Crippen molar-refractivity contribution in [3.8, 4) is 0 Å². The maximum absolute atomic E-state index is 12.9. The van der Waals surface area contributed by atoms with Crippen LogP contribution in [0.25, 0.3) is 0 Å². The van der Waals surface area contributed by atoms with Crippen molar-refractivity contribution in [3.63, 3.8) is 0 Å². The highest BCUT2D eigenvalue weighted by molar-refractivity contribution is 5.82. The van der Waals surface area contributed by atoms with Crippen molar-refractivity contribution in [2.45, 2.75) is 43.7 Å². The highest BCUT2D eigenvalue weighted by Gasteiger charge is 2.42. The summed E-state index contributed by atoms with van der Waals surface area (Å²) in [4.78, 5) is 11.8. The van der Waals surface area contributed by atoms with Crippen molar-refractivity contribution < 1.29 is 18.3 Å². The molecule has 2 heterocycles. The first-order valence-electron chi connectivity index (χ1n) is 6.06. The molecule has 98 valence electrons. The van der Waals surface area contributed by atoms with Gasteiger partial charge in [0, 0.05) is 25.7 Å². The van der Waals surface area contributed by atoms with Crippen LogP contribution < -0.4 is 10.6 Å². The summed E-state index contributed by atoms with van der Waals surface area (Å²) in [6.45, 7) is 0.935. The number of carbonyl (C=O) groups excluding carboxylic acids is 1. The summed E-state index contributed by atoms with van der Waals surface area (Å²) in [7, 11) is 0. The zero-order chi connectivity index (χ0) is 12.3. The molecule has 0 saturated carbocycles. The summed E-state index contributed by atoms with van der Waals surface area (Å²) in [5, 5.41) is 5.38. The van der Waals surface area contributed by atoms with Crippen molar-refractivity contribution in [1.82, 2.24) is 10.6 Å². The lowest BCUT2D eigenvalue weighted by Crippen LogP contribution is -2.45. The zero-order valence-corrected chi connectivity index (χ0v) is 9.68. The summed E-state index contributed by atoms with van der Waals surface area (Å²) >= 11 is 0. The first kappa shape index (κ1) is 12.7. The lowest BCUT2D eigenvalue weighted by molar-refractivity contribution is -0.124. The van der Waals surface area contributed by atoms with Gasteiger partial charge >= 0.3 is 0 Å². The third kappa shape index (κ3) is 3.61. The first-order valence-corrected chi connectivity index (χ1v) is 6.06. The Balaban J connectivity index is 1.80. The number of carbonyl (C=O) groups is 1. The normalized spacial score (nSPS) is 33.1. The minimum Gasteiger partial charge on any atom is -0.381 e. The second kappa shape index (κ2) is 5.27. The quantitative estimate of drug-likeness (QED) is 0.755. The Morgan fingerprint density at radius 2 is 2.18 bits per heavy atom. The van der Waals surface area contributed by atoms with E-state index in [1.807, 2.05) is 0 Å². The topological polar surface area (TPSA) is 50.4 Å². The van der Waals surface area contributed by atoms with E-state index in [1.165, 1.54) is 0 Å². The molecule has 0 aliphatic carbocycles. The van der Waals surface area contributed by atoms with Crippen LogP contribution in [-0.2, 0) is 9.53 Å². The molecule has 0 bridgehead atoms. The molecular formula is C11H18F2N2O2. The maximum Gasteiger partial charge on any atom is 0.262 e. The van der Waals surface area contributed by atoms with Crippen molar-refractivity contribution in [2.24, 2.45) is 0 Å². The maximum atomic E-state index is 12.9. The molecule has 2 atom stereocenters. The van der Waals surface area contributed by atoms with Crippen LogP contribution in [0.15, 0.2) is 0 Å². The highest BCUT2D eigenvalue weighted by Crippen LogP contribution is 2.25. The second-order valence-corrected chi connectivity index (χ2v) is 4.74. The minimum atomic E-state index is -2.76. The molecule has 6 heteroatoms. The molecule has 0 aromatic heterocycles. The van der Waals surface area contributed by atoms with E-state index >= 15 is 0 Å². The van der Waals surface area contributed by atoms with Gasteiger partial charge in [-0.1, -0.05) is 0 Å². The monoisotopic (exact) mass is 248 g/mol. The molecule has 0 aromatic rings. The molecule has 2 N–H and O–H groups in total. The van der Waals surface area contributed by atoms with Gasteiger partial charge in [-0.05, 0) is 19.3 Å². The van der Waals surface area contributed by atoms with Gasteiger partial charge in [0.05, 0.1) is 12.6 Å². The van der Waals surface area contributed by atoms with Crippen LogP contribution >= 0.6 is 0 Å². The predicted molar refractivity (Wildman–Crippen MR) is 58.0 cm³/mol. The standard InChI is InChI=1S/C11H18F2N2O2/c12-11(13)6-9(14-7-11)10(16)15-8-2-1-4-17-5-3-8/h8-9,14H,1-7H2,(H,15,16). The van der Waals surface area contributed by atoms with E-state index in [9.17, 15) is 13.6 Å². The third-order valence-electron chi connectivity index (χ3n) is 3.22. The Morgan fingerprint density at radius 1 is 1.35 bits per heavy atom. The van der Waals surface area contributed by atoms with E-state index in [1.54, 1.807) is 0 Å². The van der Waals surface area contributed by atoms with Gasteiger partial charge < -0.3 is 10.1 Å². The van der Waals surface area contributed by atoms with Gasteiger partial charge in [-0.25, -0.2) is 8.78 Å². The molecule has 2 saturated heterocycles. The van der Waals surface area contributed by atoms with Crippen molar-refractivity contribution >= 4 is 5.91 Å². The minimum absolute atomic E-state index is 0.0565. The summed E-state index contributed by atoms with van der Waals surface area (Å²) in [5.41, 5.74) is 0. The van der Waals surface area contributed by atoms with Crippen LogP contribution in [0.2, 0.25) is 0 Å². The molecule has 4 nitrogen and oxygen atoms in total. The lowest BCUT2D eigenvalue weighted by atomic mass is 10.1. The molecule has 0 spiro atoms. The third-order valence-corrected chi connectivity index (χ3v) is 3.22. The number of ether oxygens (including phenoxy) is 1.